The van der Waals surface area contributed by atoms with Crippen LogP contribution in [0.4, 0.5) is 23.2 Å². The molecule has 1 aliphatic heterocycles. The third-order valence-electron chi connectivity index (χ3n) is 6.12. The van der Waals surface area contributed by atoms with Crippen molar-refractivity contribution in [2.75, 3.05) is 11.9 Å². The lowest BCUT2D eigenvalue weighted by Crippen LogP contribution is -2.36. The van der Waals surface area contributed by atoms with Gasteiger partial charge >= 0.3 is 6.18 Å². The van der Waals surface area contributed by atoms with Crippen molar-refractivity contribution in [2.24, 2.45) is 0 Å². The zero-order valence-electron chi connectivity index (χ0n) is 19.9. The lowest BCUT2D eigenvalue weighted by Gasteiger charge is -2.30. The van der Waals surface area contributed by atoms with Crippen molar-refractivity contribution in [3.63, 3.8) is 0 Å². The van der Waals surface area contributed by atoms with Crippen molar-refractivity contribution in [1.29, 1.82) is 0 Å². The first-order chi connectivity index (χ1) is 17.3. The Bertz CT molecular complexity index is 1470. The smallest absolute Gasteiger partial charge is 0.324 e. The molecule has 1 aliphatic rings. The fraction of sp³-hybridized carbons (Fsp3) is 0.269. The van der Waals surface area contributed by atoms with Crippen LogP contribution in [0.2, 0.25) is 5.02 Å². The molecule has 3 aromatic rings. The minimum atomic E-state index is -4.83. The summed E-state index contributed by atoms with van der Waals surface area (Å²) in [6.07, 6.45) is -4.92. The first-order valence-electron chi connectivity index (χ1n) is 11.3. The van der Waals surface area contributed by atoms with Gasteiger partial charge < -0.3 is 5.32 Å². The van der Waals surface area contributed by atoms with Gasteiger partial charge in [0, 0.05) is 13.1 Å². The standard InChI is InChI=1S/C26H23ClF4N2O3S/c1-15-9-16(2)11-19(10-15)37(35,36)33-8-7-20-18(14-33)4-6-22(27)25(20)32-24(34)13-17-3-5-21(23(28)12-17)26(29,30)31/h3-6,9-12H,7-8,13-14H2,1-2H3,(H,32,34). The number of amides is 1. The van der Waals surface area contributed by atoms with Crippen LogP contribution >= 0.6 is 11.6 Å². The molecule has 5 nitrogen and oxygen atoms in total. The maximum Gasteiger partial charge on any atom is 0.419 e. The number of carbonyl (C=O) groups excluding carboxylic acids is 1. The normalized spacial score (nSPS) is 14.4. The van der Waals surface area contributed by atoms with Crippen LogP contribution in [0.1, 0.15) is 33.4 Å². The van der Waals surface area contributed by atoms with Crippen LogP contribution in [0.25, 0.3) is 0 Å². The third-order valence-corrected chi connectivity index (χ3v) is 8.26. The van der Waals surface area contributed by atoms with Crippen LogP contribution in [-0.2, 0) is 40.4 Å². The molecule has 0 saturated carbocycles. The second kappa shape index (κ2) is 10.1. The predicted octanol–water partition coefficient (Wildman–Crippen LogP) is 6.04. The number of fused-ring (bicyclic) bond motifs is 1. The molecule has 0 bridgehead atoms. The Hall–Kier alpha value is -2.95. The molecule has 4 rings (SSSR count). The molecule has 0 fully saturated rings. The van der Waals surface area contributed by atoms with Crippen molar-refractivity contribution >= 4 is 33.2 Å². The van der Waals surface area contributed by atoms with E-state index in [-0.39, 0.29) is 41.4 Å². The van der Waals surface area contributed by atoms with E-state index in [4.69, 9.17) is 11.6 Å². The number of nitrogens with one attached hydrogen (secondary N) is 1. The number of benzene rings is 3. The van der Waals surface area contributed by atoms with E-state index in [1.54, 1.807) is 24.3 Å². The van der Waals surface area contributed by atoms with Gasteiger partial charge in [-0.25, -0.2) is 12.8 Å². The summed E-state index contributed by atoms with van der Waals surface area (Å²) in [4.78, 5) is 12.9. The number of nitrogens with zero attached hydrogens (tertiary/aromatic N) is 1. The Balaban J connectivity index is 1.54. The fourth-order valence-electron chi connectivity index (χ4n) is 4.44. The number of alkyl halides is 3. The topological polar surface area (TPSA) is 66.5 Å². The molecule has 0 saturated heterocycles. The largest absolute Gasteiger partial charge is 0.419 e. The molecule has 0 radical (unpaired) electrons. The number of carbonyl (C=O) groups is 1. The molecule has 3 aromatic carbocycles. The van der Waals surface area contributed by atoms with Gasteiger partial charge in [-0.3, -0.25) is 4.79 Å². The number of rotatable bonds is 5. The number of hydrogen-bond donors (Lipinski definition) is 1. The number of hydrogen-bond acceptors (Lipinski definition) is 3. The van der Waals surface area contributed by atoms with Gasteiger partial charge in [-0.15, -0.1) is 0 Å². The minimum absolute atomic E-state index is 0.0645. The molecule has 0 atom stereocenters. The van der Waals surface area contributed by atoms with E-state index in [0.717, 1.165) is 17.2 Å². The SMILES string of the molecule is Cc1cc(C)cc(S(=O)(=O)N2CCc3c(ccc(Cl)c3NC(=O)Cc3ccc(C(F)(F)F)c(F)c3)C2)c1. The summed E-state index contributed by atoms with van der Waals surface area (Å²) < 4.78 is 80.2. The van der Waals surface area contributed by atoms with Gasteiger partial charge in [0.25, 0.3) is 0 Å². The van der Waals surface area contributed by atoms with E-state index in [0.29, 0.717) is 28.9 Å². The van der Waals surface area contributed by atoms with Gasteiger partial charge in [0.15, 0.2) is 0 Å². The second-order valence-electron chi connectivity index (χ2n) is 9.01. The summed E-state index contributed by atoms with van der Waals surface area (Å²) in [5.74, 6) is -2.06. The monoisotopic (exact) mass is 554 g/mol. The van der Waals surface area contributed by atoms with E-state index in [1.165, 1.54) is 4.31 Å². The van der Waals surface area contributed by atoms with Crippen LogP contribution in [0.15, 0.2) is 53.4 Å². The highest BCUT2D eigenvalue weighted by Gasteiger charge is 2.34. The highest BCUT2D eigenvalue weighted by molar-refractivity contribution is 7.89. The van der Waals surface area contributed by atoms with Crippen LogP contribution in [-0.4, -0.2) is 25.2 Å². The number of anilines is 1. The third kappa shape index (κ3) is 5.81. The second-order valence-corrected chi connectivity index (χ2v) is 11.4. The summed E-state index contributed by atoms with van der Waals surface area (Å²) in [6, 6.07) is 10.7. The van der Waals surface area contributed by atoms with Crippen molar-refractivity contribution in [3.05, 3.63) is 92.8 Å². The van der Waals surface area contributed by atoms with Gasteiger partial charge in [-0.05, 0) is 78.4 Å². The molecular formula is C26H23ClF4N2O3S. The molecular weight excluding hydrogens is 532 g/mol. The molecule has 0 spiro atoms. The number of halogens is 5. The van der Waals surface area contributed by atoms with E-state index in [9.17, 15) is 30.8 Å². The lowest BCUT2D eigenvalue weighted by atomic mass is 9.98. The Labute approximate surface area is 217 Å². The number of aryl methyl sites for hydroxylation is 2. The zero-order valence-corrected chi connectivity index (χ0v) is 21.5. The van der Waals surface area contributed by atoms with Crippen LogP contribution < -0.4 is 5.32 Å². The Morgan fingerprint density at radius 3 is 2.35 bits per heavy atom. The van der Waals surface area contributed by atoms with Gasteiger partial charge in [-0.2, -0.15) is 17.5 Å². The minimum Gasteiger partial charge on any atom is -0.324 e. The van der Waals surface area contributed by atoms with E-state index < -0.39 is 33.5 Å². The molecule has 1 amide bonds. The molecule has 1 heterocycles. The van der Waals surface area contributed by atoms with E-state index in [1.807, 2.05) is 19.9 Å². The van der Waals surface area contributed by atoms with Gasteiger partial charge in [0.2, 0.25) is 15.9 Å². The molecule has 196 valence electrons. The highest BCUT2D eigenvalue weighted by Crippen LogP contribution is 2.35. The van der Waals surface area contributed by atoms with Crippen molar-refractivity contribution in [1.82, 2.24) is 4.31 Å². The van der Waals surface area contributed by atoms with Crippen LogP contribution in [0.5, 0.6) is 0 Å². The fourth-order valence-corrected chi connectivity index (χ4v) is 6.27. The van der Waals surface area contributed by atoms with E-state index in [2.05, 4.69) is 5.32 Å². The lowest BCUT2D eigenvalue weighted by molar-refractivity contribution is -0.140. The van der Waals surface area contributed by atoms with Crippen LogP contribution in [0.3, 0.4) is 0 Å². The maximum atomic E-state index is 13.9. The molecule has 11 heteroatoms. The van der Waals surface area contributed by atoms with Crippen molar-refractivity contribution in [3.8, 4) is 0 Å². The first-order valence-corrected chi connectivity index (χ1v) is 13.1. The Kier molecular flexibility index (Phi) is 7.38. The zero-order chi connectivity index (χ0) is 27.1. The average molecular weight is 555 g/mol. The first kappa shape index (κ1) is 27.1. The summed E-state index contributed by atoms with van der Waals surface area (Å²) in [7, 11) is -3.76. The molecule has 37 heavy (non-hydrogen) atoms. The quantitative estimate of drug-likeness (QED) is 0.391. The van der Waals surface area contributed by atoms with E-state index >= 15 is 0 Å². The van der Waals surface area contributed by atoms with Gasteiger partial charge in [0.05, 0.1) is 27.6 Å². The molecule has 0 aromatic heterocycles. The molecule has 0 unspecified atom stereocenters. The van der Waals surface area contributed by atoms with Crippen LogP contribution in [0, 0.1) is 19.7 Å². The van der Waals surface area contributed by atoms with Crippen molar-refractivity contribution < 1.29 is 30.8 Å². The number of sulfonamides is 1. The Morgan fingerprint density at radius 2 is 1.73 bits per heavy atom. The van der Waals surface area contributed by atoms with Crippen molar-refractivity contribution in [2.45, 2.75) is 44.3 Å². The molecule has 1 N–H and O–H groups in total. The summed E-state index contributed by atoms with van der Waals surface area (Å²) in [6.45, 7) is 3.89. The predicted molar refractivity (Wildman–Crippen MR) is 132 cm³/mol. The summed E-state index contributed by atoms with van der Waals surface area (Å²) >= 11 is 6.33. The summed E-state index contributed by atoms with van der Waals surface area (Å²) in [5.41, 5.74) is 1.97. The van der Waals surface area contributed by atoms with Gasteiger partial charge in [-0.1, -0.05) is 29.8 Å². The summed E-state index contributed by atoms with van der Waals surface area (Å²) in [5, 5.41) is 2.90. The van der Waals surface area contributed by atoms with Gasteiger partial charge in [0.1, 0.15) is 5.82 Å². The highest BCUT2D eigenvalue weighted by atomic mass is 35.5. The Morgan fingerprint density at radius 1 is 1.05 bits per heavy atom. The molecule has 0 aliphatic carbocycles. The average Bonchev–Trinajstić information content (AvgIpc) is 2.79. The maximum absolute atomic E-state index is 13.9.